The number of hydrogen-bond acceptors (Lipinski definition) is 2. The molecule has 0 heterocycles. The van der Waals surface area contributed by atoms with Gasteiger partial charge in [-0.1, -0.05) is 38.1 Å². The van der Waals surface area contributed by atoms with E-state index >= 15 is 0 Å². The van der Waals surface area contributed by atoms with Crippen LogP contribution < -0.4 is 15.4 Å². The quantitative estimate of drug-likeness (QED) is 0.910. The summed E-state index contributed by atoms with van der Waals surface area (Å²) in [5.41, 5.74) is 8.56. The predicted octanol–water partition coefficient (Wildman–Crippen LogP) is 3.90. The highest BCUT2D eigenvalue weighted by atomic mass is 16.5. The third-order valence-corrected chi connectivity index (χ3v) is 3.64. The maximum absolute atomic E-state index is 11.8. The summed E-state index contributed by atoms with van der Waals surface area (Å²) in [6.07, 6.45) is 0. The Hall–Kier alpha value is -2.49. The van der Waals surface area contributed by atoms with Crippen LogP contribution in [0.3, 0.4) is 0 Å². The molecule has 2 rings (SSSR count). The zero-order valence-electron chi connectivity index (χ0n) is 13.2. The number of nitrogens with zero attached hydrogens (tertiary/aromatic N) is 1. The van der Waals surface area contributed by atoms with Gasteiger partial charge in [0.15, 0.2) is 0 Å². The zero-order valence-corrected chi connectivity index (χ0v) is 13.2. The van der Waals surface area contributed by atoms with Crippen LogP contribution >= 0.6 is 0 Å². The van der Waals surface area contributed by atoms with Crippen LogP contribution in [0.4, 0.5) is 10.5 Å². The van der Waals surface area contributed by atoms with Gasteiger partial charge in [-0.15, -0.1) is 0 Å². The smallest absolute Gasteiger partial charge is 0.319 e. The zero-order chi connectivity index (χ0) is 16.1. The van der Waals surface area contributed by atoms with Crippen molar-refractivity contribution >= 4 is 11.7 Å². The number of primary amides is 1. The van der Waals surface area contributed by atoms with E-state index in [1.165, 1.54) is 5.56 Å². The number of benzene rings is 2. The van der Waals surface area contributed by atoms with E-state index in [0.717, 1.165) is 17.0 Å². The molecular formula is C18H22N2O2. The van der Waals surface area contributed by atoms with Crippen molar-refractivity contribution in [2.45, 2.75) is 26.3 Å². The predicted molar refractivity (Wildman–Crippen MR) is 89.3 cm³/mol. The van der Waals surface area contributed by atoms with Crippen molar-refractivity contribution in [3.05, 3.63) is 59.7 Å². The molecule has 0 saturated heterocycles. The number of carbonyl (C=O) groups excluding carboxylic acids is 1. The SMILES string of the molecule is COc1ccc(CN(C(N)=O)c2ccc(C(C)C)cc2)cc1. The molecule has 2 aromatic rings. The second-order valence-electron chi connectivity index (χ2n) is 5.52. The lowest BCUT2D eigenvalue weighted by Gasteiger charge is -2.21. The molecule has 2 amide bonds. The molecule has 0 radical (unpaired) electrons. The molecule has 4 heteroatoms. The molecule has 2 aromatic carbocycles. The Bertz CT molecular complexity index is 619. The van der Waals surface area contributed by atoms with Gasteiger partial charge in [0, 0.05) is 5.69 Å². The van der Waals surface area contributed by atoms with Gasteiger partial charge >= 0.3 is 6.03 Å². The summed E-state index contributed by atoms with van der Waals surface area (Å²) in [4.78, 5) is 13.3. The molecule has 4 nitrogen and oxygen atoms in total. The lowest BCUT2D eigenvalue weighted by Crippen LogP contribution is -2.35. The molecule has 0 aliphatic carbocycles. The van der Waals surface area contributed by atoms with Gasteiger partial charge in [-0.25, -0.2) is 4.79 Å². The van der Waals surface area contributed by atoms with Crippen LogP contribution in [-0.4, -0.2) is 13.1 Å². The molecule has 0 bridgehead atoms. The first kappa shape index (κ1) is 15.9. The molecule has 0 aliphatic heterocycles. The third-order valence-electron chi connectivity index (χ3n) is 3.64. The lowest BCUT2D eigenvalue weighted by molar-refractivity contribution is 0.253. The van der Waals surface area contributed by atoms with E-state index in [1.807, 2.05) is 48.5 Å². The number of amides is 2. The van der Waals surface area contributed by atoms with E-state index in [4.69, 9.17) is 10.5 Å². The first-order chi connectivity index (χ1) is 10.5. The normalized spacial score (nSPS) is 10.5. The summed E-state index contributed by atoms with van der Waals surface area (Å²) in [5.74, 6) is 1.24. The van der Waals surface area contributed by atoms with Gasteiger partial charge in [-0.05, 0) is 41.3 Å². The van der Waals surface area contributed by atoms with E-state index in [9.17, 15) is 4.79 Å². The van der Waals surface area contributed by atoms with Crippen molar-refractivity contribution in [2.24, 2.45) is 5.73 Å². The fourth-order valence-corrected chi connectivity index (χ4v) is 2.25. The highest BCUT2D eigenvalue weighted by molar-refractivity contribution is 5.90. The minimum absolute atomic E-state index is 0.431. The number of ether oxygens (including phenoxy) is 1. The topological polar surface area (TPSA) is 55.6 Å². The Morgan fingerprint density at radius 1 is 1.09 bits per heavy atom. The second kappa shape index (κ2) is 6.98. The highest BCUT2D eigenvalue weighted by Gasteiger charge is 2.13. The maximum atomic E-state index is 11.8. The first-order valence-corrected chi connectivity index (χ1v) is 7.31. The van der Waals surface area contributed by atoms with E-state index in [0.29, 0.717) is 12.5 Å². The summed E-state index contributed by atoms with van der Waals surface area (Å²) in [5, 5.41) is 0. The fraction of sp³-hybridized carbons (Fsp3) is 0.278. The molecule has 0 aliphatic rings. The fourth-order valence-electron chi connectivity index (χ4n) is 2.25. The Morgan fingerprint density at radius 3 is 2.14 bits per heavy atom. The molecule has 0 fully saturated rings. The molecule has 0 unspecified atom stereocenters. The Morgan fingerprint density at radius 2 is 1.68 bits per heavy atom. The van der Waals surface area contributed by atoms with Crippen LogP contribution in [0.15, 0.2) is 48.5 Å². The minimum Gasteiger partial charge on any atom is -0.497 e. The molecule has 2 N–H and O–H groups in total. The van der Waals surface area contributed by atoms with Gasteiger partial charge in [0.25, 0.3) is 0 Å². The molecule has 0 aromatic heterocycles. The summed E-state index contributed by atoms with van der Waals surface area (Å²) in [6, 6.07) is 15.1. The largest absolute Gasteiger partial charge is 0.497 e. The van der Waals surface area contributed by atoms with Crippen LogP contribution in [0.25, 0.3) is 0 Å². The van der Waals surface area contributed by atoms with Gasteiger partial charge in [0.05, 0.1) is 13.7 Å². The molecule has 116 valence electrons. The maximum Gasteiger partial charge on any atom is 0.319 e. The number of methoxy groups -OCH3 is 1. The van der Waals surface area contributed by atoms with Gasteiger partial charge in [-0.2, -0.15) is 0 Å². The monoisotopic (exact) mass is 298 g/mol. The summed E-state index contributed by atoms with van der Waals surface area (Å²) >= 11 is 0. The molecular weight excluding hydrogens is 276 g/mol. The van der Waals surface area contributed by atoms with Gasteiger partial charge in [-0.3, -0.25) is 4.90 Å². The summed E-state index contributed by atoms with van der Waals surface area (Å²) in [6.45, 7) is 4.71. The van der Waals surface area contributed by atoms with Gasteiger partial charge in [0.2, 0.25) is 0 Å². The number of nitrogens with two attached hydrogens (primary N) is 1. The van der Waals surface area contributed by atoms with Crippen LogP contribution in [0.5, 0.6) is 5.75 Å². The van der Waals surface area contributed by atoms with Crippen molar-refractivity contribution in [3.8, 4) is 5.75 Å². The Labute approximate surface area is 131 Å². The van der Waals surface area contributed by atoms with Crippen LogP contribution in [-0.2, 0) is 6.54 Å². The molecule has 0 atom stereocenters. The van der Waals surface area contributed by atoms with Crippen LogP contribution in [0, 0.1) is 0 Å². The van der Waals surface area contributed by atoms with Crippen LogP contribution in [0.2, 0.25) is 0 Å². The average molecular weight is 298 g/mol. The van der Waals surface area contributed by atoms with E-state index in [-0.39, 0.29) is 0 Å². The van der Waals surface area contributed by atoms with Crippen molar-refractivity contribution in [2.75, 3.05) is 12.0 Å². The van der Waals surface area contributed by atoms with Crippen molar-refractivity contribution < 1.29 is 9.53 Å². The summed E-state index contributed by atoms with van der Waals surface area (Å²) < 4.78 is 5.14. The first-order valence-electron chi connectivity index (χ1n) is 7.31. The number of urea groups is 1. The molecule has 0 saturated carbocycles. The van der Waals surface area contributed by atoms with E-state index in [1.54, 1.807) is 12.0 Å². The number of anilines is 1. The average Bonchev–Trinajstić information content (AvgIpc) is 2.53. The van der Waals surface area contributed by atoms with Gasteiger partial charge < -0.3 is 10.5 Å². The summed E-state index contributed by atoms with van der Waals surface area (Å²) in [7, 11) is 1.63. The number of hydrogen-bond donors (Lipinski definition) is 1. The van der Waals surface area contributed by atoms with E-state index in [2.05, 4.69) is 13.8 Å². The van der Waals surface area contributed by atoms with Crippen molar-refractivity contribution in [3.63, 3.8) is 0 Å². The lowest BCUT2D eigenvalue weighted by atomic mass is 10.0. The number of rotatable bonds is 5. The highest BCUT2D eigenvalue weighted by Crippen LogP contribution is 2.22. The third kappa shape index (κ3) is 3.79. The molecule has 22 heavy (non-hydrogen) atoms. The Kier molecular flexibility index (Phi) is 5.04. The number of carbonyl (C=O) groups is 1. The Balaban J connectivity index is 2.20. The van der Waals surface area contributed by atoms with Crippen molar-refractivity contribution in [1.29, 1.82) is 0 Å². The van der Waals surface area contributed by atoms with Crippen LogP contribution in [0.1, 0.15) is 30.9 Å². The van der Waals surface area contributed by atoms with Crippen molar-refractivity contribution in [1.82, 2.24) is 0 Å². The van der Waals surface area contributed by atoms with Gasteiger partial charge in [0.1, 0.15) is 5.75 Å². The van der Waals surface area contributed by atoms with E-state index < -0.39 is 6.03 Å². The second-order valence-corrected chi connectivity index (χ2v) is 5.52. The standard InChI is InChI=1S/C18H22N2O2/c1-13(2)15-6-8-16(9-7-15)20(18(19)21)12-14-4-10-17(22-3)11-5-14/h4-11,13H,12H2,1-3H3,(H2,19,21). The minimum atomic E-state index is -0.465. The molecule has 0 spiro atoms.